The van der Waals surface area contributed by atoms with Crippen LogP contribution in [0.25, 0.3) is 0 Å². The van der Waals surface area contributed by atoms with Crippen molar-refractivity contribution >= 4 is 33.0 Å². The van der Waals surface area contributed by atoms with E-state index in [4.69, 9.17) is 4.74 Å². The van der Waals surface area contributed by atoms with Crippen LogP contribution in [-0.2, 0) is 21.2 Å². The average Bonchev–Trinajstić information content (AvgIpc) is 3.02. The highest BCUT2D eigenvalue weighted by Crippen LogP contribution is 2.25. The fourth-order valence-electron chi connectivity index (χ4n) is 3.36. The Bertz CT molecular complexity index is 941. The first kappa shape index (κ1) is 21.0. The SMILES string of the molecule is CCc1sc(C(=O)Nc2ccc(S(=O)(=O)N3CC(C)OC(C)C3)cc2)cc1C. The Morgan fingerprint density at radius 3 is 2.36 bits per heavy atom. The van der Waals surface area contributed by atoms with Crippen LogP contribution in [0.15, 0.2) is 35.2 Å². The number of hydrogen-bond donors (Lipinski definition) is 1. The molecule has 1 fully saturated rings. The van der Waals surface area contributed by atoms with E-state index in [-0.39, 0.29) is 23.0 Å². The standard InChI is InChI=1S/C20H26N2O4S2/c1-5-18-13(2)10-19(27-18)20(23)21-16-6-8-17(9-7-16)28(24,25)22-11-14(3)26-15(4)12-22/h6-10,14-15H,5,11-12H2,1-4H3,(H,21,23). The van der Waals surface area contributed by atoms with Gasteiger partial charge in [-0.3, -0.25) is 4.79 Å². The zero-order valence-electron chi connectivity index (χ0n) is 16.6. The summed E-state index contributed by atoms with van der Waals surface area (Å²) in [6.45, 7) is 8.47. The number of nitrogens with zero attached hydrogens (tertiary/aromatic N) is 1. The van der Waals surface area contributed by atoms with Crippen molar-refractivity contribution in [3.05, 3.63) is 45.6 Å². The summed E-state index contributed by atoms with van der Waals surface area (Å²) in [5.41, 5.74) is 1.69. The molecule has 2 atom stereocenters. The van der Waals surface area contributed by atoms with Crippen LogP contribution in [0.3, 0.4) is 0 Å². The van der Waals surface area contributed by atoms with Crippen molar-refractivity contribution in [3.8, 4) is 0 Å². The van der Waals surface area contributed by atoms with Crippen molar-refractivity contribution in [3.63, 3.8) is 0 Å². The molecule has 1 aliphatic heterocycles. The summed E-state index contributed by atoms with van der Waals surface area (Å²) in [6.07, 6.45) is 0.619. The molecule has 2 heterocycles. The maximum Gasteiger partial charge on any atom is 0.265 e. The minimum absolute atomic E-state index is 0.139. The quantitative estimate of drug-likeness (QED) is 0.798. The molecule has 8 heteroatoms. The lowest BCUT2D eigenvalue weighted by Gasteiger charge is -2.34. The molecule has 1 aromatic carbocycles. The summed E-state index contributed by atoms with van der Waals surface area (Å²) in [6, 6.07) is 8.21. The van der Waals surface area contributed by atoms with Gasteiger partial charge in [-0.15, -0.1) is 11.3 Å². The number of anilines is 1. The molecule has 2 aromatic rings. The molecule has 0 bridgehead atoms. The van der Waals surface area contributed by atoms with Gasteiger partial charge in [0.2, 0.25) is 10.0 Å². The summed E-state index contributed by atoms with van der Waals surface area (Å²) in [5, 5.41) is 2.84. The maximum atomic E-state index is 12.9. The van der Waals surface area contributed by atoms with Crippen LogP contribution < -0.4 is 5.32 Å². The van der Waals surface area contributed by atoms with Crippen LogP contribution in [0, 0.1) is 6.92 Å². The van der Waals surface area contributed by atoms with Crippen molar-refractivity contribution in [2.75, 3.05) is 18.4 Å². The number of rotatable bonds is 5. The van der Waals surface area contributed by atoms with Crippen molar-refractivity contribution in [1.29, 1.82) is 0 Å². The van der Waals surface area contributed by atoms with Crippen molar-refractivity contribution in [2.45, 2.75) is 51.2 Å². The zero-order valence-corrected chi connectivity index (χ0v) is 18.2. The van der Waals surface area contributed by atoms with Gasteiger partial charge in [0.05, 0.1) is 22.0 Å². The number of benzene rings is 1. The monoisotopic (exact) mass is 422 g/mol. The first-order chi connectivity index (χ1) is 13.2. The molecular formula is C20H26N2O4S2. The topological polar surface area (TPSA) is 75.7 Å². The third-order valence-electron chi connectivity index (χ3n) is 4.70. The van der Waals surface area contributed by atoms with Crippen molar-refractivity contribution in [2.24, 2.45) is 0 Å². The molecule has 1 saturated heterocycles. The lowest BCUT2D eigenvalue weighted by Crippen LogP contribution is -2.48. The van der Waals surface area contributed by atoms with Gasteiger partial charge in [0.15, 0.2) is 0 Å². The number of carbonyl (C=O) groups excluding carboxylic acids is 1. The van der Waals surface area contributed by atoms with E-state index in [9.17, 15) is 13.2 Å². The Balaban J connectivity index is 1.73. The Labute approximate surface area is 170 Å². The molecule has 0 aliphatic carbocycles. The van der Waals surface area contributed by atoms with E-state index >= 15 is 0 Å². The zero-order chi connectivity index (χ0) is 20.5. The Morgan fingerprint density at radius 2 is 1.82 bits per heavy atom. The number of carbonyl (C=O) groups is 1. The van der Waals surface area contributed by atoms with E-state index in [1.165, 1.54) is 32.7 Å². The Hall–Kier alpha value is -1.74. The summed E-state index contributed by atoms with van der Waals surface area (Å²) in [4.78, 5) is 14.5. The molecule has 28 heavy (non-hydrogen) atoms. The fraction of sp³-hybridized carbons (Fsp3) is 0.450. The second-order valence-electron chi connectivity index (χ2n) is 7.13. The molecule has 0 saturated carbocycles. The minimum Gasteiger partial charge on any atom is -0.373 e. The van der Waals surface area contributed by atoms with E-state index in [2.05, 4.69) is 12.2 Å². The molecule has 3 rings (SSSR count). The van der Waals surface area contributed by atoms with Gasteiger partial charge in [0, 0.05) is 23.7 Å². The summed E-state index contributed by atoms with van der Waals surface area (Å²) >= 11 is 1.49. The lowest BCUT2D eigenvalue weighted by atomic mass is 10.2. The fourth-order valence-corrected chi connectivity index (χ4v) is 5.96. The predicted molar refractivity (Wildman–Crippen MR) is 112 cm³/mol. The van der Waals surface area contributed by atoms with Crippen LogP contribution in [-0.4, -0.2) is 43.9 Å². The van der Waals surface area contributed by atoms with Gasteiger partial charge in [-0.25, -0.2) is 8.42 Å². The van der Waals surface area contributed by atoms with Gasteiger partial charge in [0.25, 0.3) is 5.91 Å². The Kier molecular flexibility index (Phi) is 6.24. The number of amides is 1. The van der Waals surface area contributed by atoms with Gasteiger partial charge in [-0.2, -0.15) is 4.31 Å². The van der Waals surface area contributed by atoms with Crippen LogP contribution >= 0.6 is 11.3 Å². The van der Waals surface area contributed by atoms with Crippen LogP contribution in [0.2, 0.25) is 0 Å². The molecule has 6 nitrogen and oxygen atoms in total. The summed E-state index contributed by atoms with van der Waals surface area (Å²) < 4.78 is 32.9. The van der Waals surface area contributed by atoms with E-state index < -0.39 is 10.0 Å². The van der Waals surface area contributed by atoms with Gasteiger partial charge < -0.3 is 10.1 Å². The van der Waals surface area contributed by atoms with Crippen molar-refractivity contribution in [1.82, 2.24) is 4.31 Å². The van der Waals surface area contributed by atoms with Gasteiger partial charge in [-0.1, -0.05) is 6.92 Å². The molecule has 0 spiro atoms. The number of ether oxygens (including phenoxy) is 1. The van der Waals surface area contributed by atoms with E-state index in [1.807, 2.05) is 26.8 Å². The number of sulfonamides is 1. The minimum atomic E-state index is -3.59. The normalized spacial score (nSPS) is 20.9. The number of hydrogen-bond acceptors (Lipinski definition) is 5. The summed E-state index contributed by atoms with van der Waals surface area (Å²) in [7, 11) is -3.59. The maximum absolute atomic E-state index is 12.9. The first-order valence-corrected chi connectivity index (χ1v) is 11.6. The van der Waals surface area contributed by atoms with Crippen LogP contribution in [0.5, 0.6) is 0 Å². The molecule has 1 amide bonds. The van der Waals surface area contributed by atoms with Gasteiger partial charge in [-0.05, 0) is 63.1 Å². The number of thiophene rings is 1. The largest absolute Gasteiger partial charge is 0.373 e. The Morgan fingerprint density at radius 1 is 1.21 bits per heavy atom. The average molecular weight is 423 g/mol. The number of aryl methyl sites for hydroxylation is 2. The number of nitrogens with one attached hydrogen (secondary N) is 1. The summed E-state index contributed by atoms with van der Waals surface area (Å²) in [5.74, 6) is -0.181. The number of morpholine rings is 1. The molecule has 152 valence electrons. The first-order valence-electron chi connectivity index (χ1n) is 9.37. The van der Waals surface area contributed by atoms with E-state index in [0.717, 1.165) is 12.0 Å². The third kappa shape index (κ3) is 4.46. The van der Waals surface area contributed by atoms with Gasteiger partial charge in [0.1, 0.15) is 0 Å². The van der Waals surface area contributed by atoms with E-state index in [0.29, 0.717) is 23.7 Å². The van der Waals surface area contributed by atoms with E-state index in [1.54, 1.807) is 12.1 Å². The molecule has 0 radical (unpaired) electrons. The second kappa shape index (κ2) is 8.32. The highest BCUT2D eigenvalue weighted by atomic mass is 32.2. The molecule has 1 aliphatic rings. The second-order valence-corrected chi connectivity index (χ2v) is 10.2. The lowest BCUT2D eigenvalue weighted by molar-refractivity contribution is -0.0440. The highest BCUT2D eigenvalue weighted by Gasteiger charge is 2.32. The van der Waals surface area contributed by atoms with Crippen LogP contribution in [0.1, 0.15) is 40.9 Å². The van der Waals surface area contributed by atoms with Crippen LogP contribution in [0.4, 0.5) is 5.69 Å². The highest BCUT2D eigenvalue weighted by molar-refractivity contribution is 7.89. The smallest absolute Gasteiger partial charge is 0.265 e. The molecule has 2 unspecified atom stereocenters. The predicted octanol–water partition coefficient (Wildman–Crippen LogP) is 3.67. The van der Waals surface area contributed by atoms with Gasteiger partial charge >= 0.3 is 0 Å². The van der Waals surface area contributed by atoms with Crippen molar-refractivity contribution < 1.29 is 17.9 Å². The molecule has 1 aromatic heterocycles. The molecule has 1 N–H and O–H groups in total. The third-order valence-corrected chi connectivity index (χ3v) is 7.93. The molecular weight excluding hydrogens is 396 g/mol.